The molecule has 0 aromatic heterocycles. The molecule has 22 heavy (non-hydrogen) atoms. The van der Waals surface area contributed by atoms with Crippen molar-refractivity contribution in [2.75, 3.05) is 26.2 Å². The van der Waals surface area contributed by atoms with Gasteiger partial charge in [-0.05, 0) is 30.7 Å². The first-order chi connectivity index (χ1) is 10.2. The number of nitrogens with two attached hydrogens (primary N) is 1. The molecule has 0 aliphatic carbocycles. The first kappa shape index (κ1) is 18.5. The van der Waals surface area contributed by atoms with E-state index in [2.05, 4.69) is 29.6 Å². The summed E-state index contributed by atoms with van der Waals surface area (Å²) in [6, 6.07) is 10.5. The Morgan fingerprint density at radius 2 is 1.82 bits per heavy atom. The Hall–Kier alpha value is -1.59. The Morgan fingerprint density at radius 1 is 1.18 bits per heavy atom. The monoisotopic (exact) mass is 325 g/mol. The van der Waals surface area contributed by atoms with Crippen LogP contribution >= 0.6 is 12.4 Å². The van der Waals surface area contributed by atoms with Crippen molar-refractivity contribution in [3.8, 4) is 0 Å². The highest BCUT2D eigenvalue weighted by Gasteiger charge is 2.22. The molecular weight excluding hydrogens is 302 g/mol. The molecule has 2 amide bonds. The van der Waals surface area contributed by atoms with Crippen molar-refractivity contribution in [3.05, 3.63) is 35.9 Å². The summed E-state index contributed by atoms with van der Waals surface area (Å²) in [6.45, 7) is 1.52. The van der Waals surface area contributed by atoms with Gasteiger partial charge in [-0.3, -0.25) is 9.59 Å². The van der Waals surface area contributed by atoms with Crippen molar-refractivity contribution in [2.45, 2.75) is 19.3 Å². The van der Waals surface area contributed by atoms with Gasteiger partial charge >= 0.3 is 0 Å². The second-order valence-electron chi connectivity index (χ2n) is 5.49. The first-order valence-electron chi connectivity index (χ1n) is 7.47. The number of benzene rings is 1. The molecule has 1 aromatic rings. The maximum Gasteiger partial charge on any atom is 0.241 e. The van der Waals surface area contributed by atoms with E-state index >= 15 is 0 Å². The van der Waals surface area contributed by atoms with Crippen LogP contribution in [0.5, 0.6) is 0 Å². The van der Waals surface area contributed by atoms with Crippen LogP contribution in [0, 0.1) is 5.92 Å². The Labute approximate surface area is 137 Å². The summed E-state index contributed by atoms with van der Waals surface area (Å²) in [6.07, 6.45) is 3.11. The quantitative estimate of drug-likeness (QED) is 0.847. The number of rotatable bonds is 5. The highest BCUT2D eigenvalue weighted by atomic mass is 35.5. The highest BCUT2D eigenvalue weighted by molar-refractivity contribution is 5.85. The van der Waals surface area contributed by atoms with Gasteiger partial charge in [0.05, 0.1) is 13.1 Å². The minimum absolute atomic E-state index is 0. The summed E-state index contributed by atoms with van der Waals surface area (Å²) in [5, 5.41) is 2.53. The number of halogens is 1. The molecule has 1 aliphatic heterocycles. The average molecular weight is 326 g/mol. The highest BCUT2D eigenvalue weighted by Crippen LogP contribution is 2.21. The third kappa shape index (κ3) is 5.66. The number of hydrogen-bond acceptors (Lipinski definition) is 3. The molecule has 1 heterocycles. The maximum atomic E-state index is 12.0. The predicted octanol–water partition coefficient (Wildman–Crippen LogP) is 0.964. The minimum Gasteiger partial charge on any atom is -0.346 e. The van der Waals surface area contributed by atoms with Crippen molar-refractivity contribution < 1.29 is 9.59 Å². The number of nitrogens with one attached hydrogen (secondary N) is 1. The van der Waals surface area contributed by atoms with Gasteiger partial charge in [-0.25, -0.2) is 0 Å². The van der Waals surface area contributed by atoms with Crippen molar-refractivity contribution >= 4 is 24.2 Å². The molecule has 0 atom stereocenters. The summed E-state index contributed by atoms with van der Waals surface area (Å²) < 4.78 is 0. The van der Waals surface area contributed by atoms with Gasteiger partial charge in [0, 0.05) is 13.1 Å². The molecule has 1 aromatic carbocycles. The molecule has 1 aliphatic rings. The fourth-order valence-electron chi connectivity index (χ4n) is 2.69. The standard InChI is InChI=1S/C16H23N3O2.ClH/c17-11-15(20)18-12-16(21)19-8-6-14(7-9-19)10-13-4-2-1-3-5-13;/h1-5,14H,6-12,17H2,(H,18,20);1H. The van der Waals surface area contributed by atoms with E-state index in [1.807, 2.05) is 11.0 Å². The molecular formula is C16H24ClN3O2. The number of likely N-dealkylation sites (tertiary alicyclic amines) is 1. The van der Waals surface area contributed by atoms with Crippen molar-refractivity contribution in [3.63, 3.8) is 0 Å². The van der Waals surface area contributed by atoms with Gasteiger partial charge in [0.25, 0.3) is 0 Å². The summed E-state index contributed by atoms with van der Waals surface area (Å²) in [7, 11) is 0. The van der Waals surface area contributed by atoms with Gasteiger partial charge in [0.1, 0.15) is 0 Å². The molecule has 2 rings (SSSR count). The van der Waals surface area contributed by atoms with E-state index in [1.54, 1.807) is 0 Å². The third-order valence-electron chi connectivity index (χ3n) is 3.96. The van der Waals surface area contributed by atoms with Gasteiger partial charge in [0.15, 0.2) is 0 Å². The minimum atomic E-state index is -0.290. The number of nitrogens with zero attached hydrogens (tertiary/aromatic N) is 1. The van der Waals surface area contributed by atoms with Crippen LogP contribution in [-0.2, 0) is 16.0 Å². The molecule has 1 fully saturated rings. The molecule has 0 saturated carbocycles. The summed E-state index contributed by atoms with van der Waals surface area (Å²) >= 11 is 0. The lowest BCUT2D eigenvalue weighted by Crippen LogP contribution is -2.45. The molecule has 0 bridgehead atoms. The first-order valence-corrected chi connectivity index (χ1v) is 7.47. The van der Waals surface area contributed by atoms with E-state index in [0.29, 0.717) is 5.92 Å². The van der Waals surface area contributed by atoms with E-state index in [9.17, 15) is 9.59 Å². The van der Waals surface area contributed by atoms with Gasteiger partial charge in [-0.15, -0.1) is 12.4 Å². The van der Waals surface area contributed by atoms with Crippen LogP contribution < -0.4 is 11.1 Å². The van der Waals surface area contributed by atoms with Crippen molar-refractivity contribution in [1.29, 1.82) is 0 Å². The molecule has 122 valence electrons. The third-order valence-corrected chi connectivity index (χ3v) is 3.96. The zero-order chi connectivity index (χ0) is 15.1. The SMILES string of the molecule is Cl.NCC(=O)NCC(=O)N1CCC(Cc2ccccc2)CC1. The van der Waals surface area contributed by atoms with Gasteiger partial charge in [0.2, 0.25) is 11.8 Å². The maximum absolute atomic E-state index is 12.0. The van der Waals surface area contributed by atoms with Crippen LogP contribution in [0.2, 0.25) is 0 Å². The van der Waals surface area contributed by atoms with Crippen LogP contribution in [0.25, 0.3) is 0 Å². The second kappa shape index (κ2) is 9.43. The topological polar surface area (TPSA) is 75.4 Å². The Balaban J connectivity index is 0.00000242. The smallest absolute Gasteiger partial charge is 0.241 e. The molecule has 3 N–H and O–H groups in total. The van der Waals surface area contributed by atoms with E-state index < -0.39 is 0 Å². The fraction of sp³-hybridized carbons (Fsp3) is 0.500. The van der Waals surface area contributed by atoms with Crippen LogP contribution in [-0.4, -0.2) is 42.9 Å². The van der Waals surface area contributed by atoms with Gasteiger partial charge in [-0.2, -0.15) is 0 Å². The van der Waals surface area contributed by atoms with E-state index in [-0.39, 0.29) is 37.3 Å². The molecule has 0 unspecified atom stereocenters. The fourth-order valence-corrected chi connectivity index (χ4v) is 2.69. The zero-order valence-electron chi connectivity index (χ0n) is 12.7. The Kier molecular flexibility index (Phi) is 7.91. The predicted molar refractivity (Wildman–Crippen MR) is 88.8 cm³/mol. The molecule has 0 radical (unpaired) electrons. The largest absolute Gasteiger partial charge is 0.346 e. The lowest BCUT2D eigenvalue weighted by molar-refractivity contribution is -0.133. The Morgan fingerprint density at radius 3 is 2.41 bits per heavy atom. The number of amides is 2. The molecule has 5 nitrogen and oxygen atoms in total. The van der Waals surface area contributed by atoms with Crippen LogP contribution in [0.4, 0.5) is 0 Å². The number of hydrogen-bond donors (Lipinski definition) is 2. The van der Waals surface area contributed by atoms with Gasteiger partial charge < -0.3 is 16.0 Å². The molecule has 6 heteroatoms. The van der Waals surface area contributed by atoms with Crippen LogP contribution in [0.15, 0.2) is 30.3 Å². The number of piperidine rings is 1. The summed E-state index contributed by atoms with van der Waals surface area (Å²) in [5.41, 5.74) is 6.55. The van der Waals surface area contributed by atoms with E-state index in [4.69, 9.17) is 5.73 Å². The van der Waals surface area contributed by atoms with Gasteiger partial charge in [-0.1, -0.05) is 30.3 Å². The Bertz CT molecular complexity index is 474. The van der Waals surface area contributed by atoms with Crippen LogP contribution in [0.1, 0.15) is 18.4 Å². The average Bonchev–Trinajstić information content (AvgIpc) is 2.54. The lowest BCUT2D eigenvalue weighted by atomic mass is 9.90. The second-order valence-corrected chi connectivity index (χ2v) is 5.49. The van der Waals surface area contributed by atoms with E-state index in [1.165, 1.54) is 5.56 Å². The summed E-state index contributed by atoms with van der Waals surface area (Å²) in [5.74, 6) is 0.326. The number of carbonyl (C=O) groups is 2. The zero-order valence-corrected chi connectivity index (χ0v) is 13.5. The van der Waals surface area contributed by atoms with Crippen molar-refractivity contribution in [2.24, 2.45) is 11.7 Å². The molecule has 1 saturated heterocycles. The lowest BCUT2D eigenvalue weighted by Gasteiger charge is -2.32. The normalized spacial score (nSPS) is 15.0. The number of carbonyl (C=O) groups excluding carboxylic acids is 2. The van der Waals surface area contributed by atoms with E-state index in [0.717, 1.165) is 32.4 Å². The van der Waals surface area contributed by atoms with Crippen LogP contribution in [0.3, 0.4) is 0 Å². The molecule has 0 spiro atoms. The van der Waals surface area contributed by atoms with Crippen molar-refractivity contribution in [1.82, 2.24) is 10.2 Å². The summed E-state index contributed by atoms with van der Waals surface area (Å²) in [4.78, 5) is 24.8.